The fraction of sp³-hybridized carbons (Fsp3) is 0.467. The second-order valence-corrected chi connectivity index (χ2v) is 4.65. The third-order valence-electron chi connectivity index (χ3n) is 2.61. The van der Waals surface area contributed by atoms with Gasteiger partial charge < -0.3 is 14.8 Å². The van der Waals surface area contributed by atoms with Crippen molar-refractivity contribution < 1.29 is 9.47 Å². The van der Waals surface area contributed by atoms with E-state index < -0.39 is 0 Å². The molecule has 0 unspecified atom stereocenters. The van der Waals surface area contributed by atoms with Gasteiger partial charge in [-0.15, -0.1) is 0 Å². The van der Waals surface area contributed by atoms with Gasteiger partial charge in [-0.25, -0.2) is 0 Å². The Morgan fingerprint density at radius 2 is 2.11 bits per heavy atom. The van der Waals surface area contributed by atoms with Gasteiger partial charge in [0.05, 0.1) is 18.7 Å². The minimum Gasteiger partial charge on any atom is -0.493 e. The van der Waals surface area contributed by atoms with E-state index in [1.54, 1.807) is 7.11 Å². The Hall–Kier alpha value is -1.19. The number of hydrogen-bond donors (Lipinski definition) is 1. The standard InChI is InChI=1S/C15H22ClNO2/c1-5-17-10-11(3)7-12-8-13(16)15(19-6-2)14(9-12)18-4/h7-9,17H,5-6,10H2,1-4H3. The molecule has 0 saturated carbocycles. The number of benzene rings is 1. The first-order valence-electron chi connectivity index (χ1n) is 6.50. The average molecular weight is 284 g/mol. The Kier molecular flexibility index (Phi) is 6.74. The fourth-order valence-electron chi connectivity index (χ4n) is 1.77. The van der Waals surface area contributed by atoms with Gasteiger partial charge in [0.2, 0.25) is 0 Å². The van der Waals surface area contributed by atoms with Crippen LogP contribution < -0.4 is 14.8 Å². The molecule has 4 heteroatoms. The topological polar surface area (TPSA) is 30.5 Å². The van der Waals surface area contributed by atoms with E-state index in [1.807, 2.05) is 19.1 Å². The molecule has 1 aromatic carbocycles. The monoisotopic (exact) mass is 283 g/mol. The molecule has 1 aromatic rings. The zero-order valence-electron chi connectivity index (χ0n) is 12.0. The van der Waals surface area contributed by atoms with Crippen molar-refractivity contribution in [3.05, 3.63) is 28.3 Å². The minimum atomic E-state index is 0.560. The van der Waals surface area contributed by atoms with Crippen LogP contribution in [0.3, 0.4) is 0 Å². The van der Waals surface area contributed by atoms with Gasteiger partial charge in [-0.2, -0.15) is 0 Å². The smallest absolute Gasteiger partial charge is 0.179 e. The molecule has 0 aliphatic heterocycles. The highest BCUT2D eigenvalue weighted by molar-refractivity contribution is 6.32. The van der Waals surface area contributed by atoms with Crippen molar-refractivity contribution in [1.29, 1.82) is 0 Å². The van der Waals surface area contributed by atoms with E-state index in [4.69, 9.17) is 21.1 Å². The van der Waals surface area contributed by atoms with Crippen LogP contribution in [-0.4, -0.2) is 26.8 Å². The van der Waals surface area contributed by atoms with Crippen molar-refractivity contribution in [2.24, 2.45) is 0 Å². The van der Waals surface area contributed by atoms with Crippen LogP contribution >= 0.6 is 11.6 Å². The summed E-state index contributed by atoms with van der Waals surface area (Å²) in [5.74, 6) is 1.27. The summed E-state index contributed by atoms with van der Waals surface area (Å²) in [6, 6.07) is 3.83. The molecule has 0 saturated heterocycles. The number of nitrogens with one attached hydrogen (secondary N) is 1. The van der Waals surface area contributed by atoms with Gasteiger partial charge in [-0.3, -0.25) is 0 Å². The number of likely N-dealkylation sites (N-methyl/N-ethyl adjacent to an activating group) is 1. The number of hydrogen-bond acceptors (Lipinski definition) is 3. The molecule has 0 heterocycles. The normalized spacial score (nSPS) is 11.5. The van der Waals surface area contributed by atoms with Crippen molar-refractivity contribution in [1.82, 2.24) is 5.32 Å². The van der Waals surface area contributed by atoms with Crippen LogP contribution in [0.5, 0.6) is 11.5 Å². The van der Waals surface area contributed by atoms with Crippen molar-refractivity contribution in [3.63, 3.8) is 0 Å². The van der Waals surface area contributed by atoms with E-state index in [0.717, 1.165) is 18.7 Å². The van der Waals surface area contributed by atoms with Gasteiger partial charge >= 0.3 is 0 Å². The Labute approximate surface area is 120 Å². The SMILES string of the molecule is CCNCC(C)=Cc1cc(Cl)c(OCC)c(OC)c1. The van der Waals surface area contributed by atoms with E-state index >= 15 is 0 Å². The molecule has 0 fully saturated rings. The quantitative estimate of drug-likeness (QED) is 0.826. The van der Waals surface area contributed by atoms with Gasteiger partial charge in [0.1, 0.15) is 0 Å². The molecular weight excluding hydrogens is 262 g/mol. The largest absolute Gasteiger partial charge is 0.493 e. The highest BCUT2D eigenvalue weighted by Gasteiger charge is 2.10. The second-order valence-electron chi connectivity index (χ2n) is 4.24. The van der Waals surface area contributed by atoms with Crippen LogP contribution in [0.4, 0.5) is 0 Å². The first kappa shape index (κ1) is 15.9. The highest BCUT2D eigenvalue weighted by atomic mass is 35.5. The Balaban J connectivity index is 3.01. The minimum absolute atomic E-state index is 0.560. The van der Waals surface area contributed by atoms with Crippen LogP contribution in [0, 0.1) is 0 Å². The summed E-state index contributed by atoms with van der Waals surface area (Å²) in [6.45, 7) is 8.47. The maximum Gasteiger partial charge on any atom is 0.179 e. The van der Waals surface area contributed by atoms with Gasteiger partial charge in [0.25, 0.3) is 0 Å². The summed E-state index contributed by atoms with van der Waals surface area (Å²) in [7, 11) is 1.62. The van der Waals surface area contributed by atoms with Crippen LogP contribution in [0.1, 0.15) is 26.3 Å². The van der Waals surface area contributed by atoms with E-state index in [9.17, 15) is 0 Å². The molecule has 106 valence electrons. The van der Waals surface area contributed by atoms with E-state index in [-0.39, 0.29) is 0 Å². The lowest BCUT2D eigenvalue weighted by Crippen LogP contribution is -2.14. The highest BCUT2D eigenvalue weighted by Crippen LogP contribution is 2.36. The summed E-state index contributed by atoms with van der Waals surface area (Å²) in [4.78, 5) is 0. The lowest BCUT2D eigenvalue weighted by Gasteiger charge is -2.12. The van der Waals surface area contributed by atoms with Gasteiger partial charge in [-0.1, -0.05) is 30.2 Å². The first-order valence-corrected chi connectivity index (χ1v) is 6.88. The van der Waals surface area contributed by atoms with Crippen LogP contribution in [-0.2, 0) is 0 Å². The predicted molar refractivity (Wildman–Crippen MR) is 81.4 cm³/mol. The van der Waals surface area contributed by atoms with Crippen LogP contribution in [0.2, 0.25) is 5.02 Å². The molecule has 3 nitrogen and oxygen atoms in total. The summed E-state index contributed by atoms with van der Waals surface area (Å²) in [6.07, 6.45) is 2.09. The molecule has 0 aromatic heterocycles. The third-order valence-corrected chi connectivity index (χ3v) is 2.89. The second kappa shape index (κ2) is 8.08. The number of halogens is 1. The van der Waals surface area contributed by atoms with Crippen molar-refractivity contribution >= 4 is 17.7 Å². The van der Waals surface area contributed by atoms with Crippen molar-refractivity contribution in [3.8, 4) is 11.5 Å². The maximum absolute atomic E-state index is 6.23. The Bertz CT molecular complexity index is 444. The van der Waals surface area contributed by atoms with Crippen LogP contribution in [0.15, 0.2) is 17.7 Å². The Morgan fingerprint density at radius 1 is 1.37 bits per heavy atom. The van der Waals surface area contributed by atoms with E-state index in [0.29, 0.717) is 23.1 Å². The zero-order valence-corrected chi connectivity index (χ0v) is 12.8. The average Bonchev–Trinajstić information content (AvgIpc) is 2.39. The summed E-state index contributed by atoms with van der Waals surface area (Å²) < 4.78 is 10.8. The molecule has 1 rings (SSSR count). The molecule has 0 bridgehead atoms. The van der Waals surface area contributed by atoms with Gasteiger partial charge in [0, 0.05) is 6.54 Å². The summed E-state index contributed by atoms with van der Waals surface area (Å²) >= 11 is 6.23. The molecule has 0 atom stereocenters. The number of methoxy groups -OCH3 is 1. The molecule has 1 N–H and O–H groups in total. The summed E-state index contributed by atoms with van der Waals surface area (Å²) in [5.41, 5.74) is 2.25. The third kappa shape index (κ3) is 4.77. The lowest BCUT2D eigenvalue weighted by atomic mass is 10.1. The van der Waals surface area contributed by atoms with E-state index in [1.165, 1.54) is 5.57 Å². The van der Waals surface area contributed by atoms with Crippen LogP contribution in [0.25, 0.3) is 6.08 Å². The molecule has 19 heavy (non-hydrogen) atoms. The molecule has 0 spiro atoms. The van der Waals surface area contributed by atoms with Crippen molar-refractivity contribution in [2.75, 3.05) is 26.8 Å². The zero-order chi connectivity index (χ0) is 14.3. The van der Waals surface area contributed by atoms with E-state index in [2.05, 4.69) is 25.2 Å². The van der Waals surface area contributed by atoms with Crippen molar-refractivity contribution in [2.45, 2.75) is 20.8 Å². The Morgan fingerprint density at radius 3 is 2.68 bits per heavy atom. The molecule has 0 amide bonds. The number of rotatable bonds is 7. The van der Waals surface area contributed by atoms with Gasteiger partial charge in [0.15, 0.2) is 11.5 Å². The van der Waals surface area contributed by atoms with Gasteiger partial charge in [-0.05, 0) is 38.1 Å². The number of ether oxygens (including phenoxy) is 2. The lowest BCUT2D eigenvalue weighted by molar-refractivity contribution is 0.311. The fourth-order valence-corrected chi connectivity index (χ4v) is 2.04. The first-order chi connectivity index (χ1) is 9.12. The molecular formula is C15H22ClNO2. The maximum atomic E-state index is 6.23. The summed E-state index contributed by atoms with van der Waals surface area (Å²) in [5, 5.41) is 3.86. The molecule has 0 aliphatic carbocycles. The molecule has 0 radical (unpaired) electrons. The molecule has 0 aliphatic rings. The predicted octanol–water partition coefficient (Wildman–Crippen LogP) is 3.76.